The molecule has 0 aliphatic carbocycles. The molecule has 3 rings (SSSR count). The smallest absolute Gasteiger partial charge is 0.309 e. The van der Waals surface area contributed by atoms with Gasteiger partial charge >= 0.3 is 5.97 Å². The Labute approximate surface area is 158 Å². The number of piperidine rings is 1. The normalized spacial score (nSPS) is 25.4. The zero-order valence-corrected chi connectivity index (χ0v) is 16.5. The molecule has 0 amide bonds. The van der Waals surface area contributed by atoms with E-state index >= 15 is 0 Å². The fourth-order valence-electron chi connectivity index (χ4n) is 4.11. The van der Waals surface area contributed by atoms with Crippen molar-refractivity contribution in [1.29, 1.82) is 0 Å². The number of anilines is 1. The van der Waals surface area contributed by atoms with Gasteiger partial charge in [0.15, 0.2) is 0 Å². The maximum atomic E-state index is 12.6. The summed E-state index contributed by atoms with van der Waals surface area (Å²) >= 11 is 0. The molecule has 3 nitrogen and oxygen atoms in total. The summed E-state index contributed by atoms with van der Waals surface area (Å²) in [6.07, 6.45) is 12.1. The molecular formula is C23H33NO2. The predicted octanol–water partition coefficient (Wildman–Crippen LogP) is 5.29. The molecular weight excluding hydrogens is 322 g/mol. The molecule has 1 saturated heterocycles. The number of esters is 1. The van der Waals surface area contributed by atoms with Gasteiger partial charge in [0.2, 0.25) is 0 Å². The second kappa shape index (κ2) is 8.28. The lowest BCUT2D eigenvalue weighted by atomic mass is 9.87. The average molecular weight is 356 g/mol. The van der Waals surface area contributed by atoms with Crippen LogP contribution in [0.4, 0.5) is 5.69 Å². The number of benzene rings is 1. The van der Waals surface area contributed by atoms with Crippen LogP contribution in [0.2, 0.25) is 0 Å². The van der Waals surface area contributed by atoms with E-state index in [2.05, 4.69) is 41.3 Å². The Morgan fingerprint density at radius 2 is 1.96 bits per heavy atom. The summed E-state index contributed by atoms with van der Waals surface area (Å²) in [5, 5.41) is 0. The Morgan fingerprint density at radius 3 is 2.77 bits per heavy atom. The molecule has 0 saturated carbocycles. The second-order valence-electron chi connectivity index (χ2n) is 8.71. The highest BCUT2D eigenvalue weighted by molar-refractivity contribution is 5.73. The Kier molecular flexibility index (Phi) is 6.05. The number of carbonyl (C=O) groups excluding carboxylic acids is 1. The molecule has 0 spiro atoms. The quantitative estimate of drug-likeness (QED) is 0.506. The first-order chi connectivity index (χ1) is 12.4. The van der Waals surface area contributed by atoms with E-state index in [4.69, 9.17) is 4.74 Å². The van der Waals surface area contributed by atoms with Crippen LogP contribution in [0.25, 0.3) is 0 Å². The molecule has 0 aromatic heterocycles. The molecule has 3 heteroatoms. The maximum absolute atomic E-state index is 12.6. The number of nitrogens with zero attached hydrogens (tertiary/aromatic N) is 1. The van der Waals surface area contributed by atoms with Crippen molar-refractivity contribution in [2.75, 3.05) is 11.4 Å². The van der Waals surface area contributed by atoms with E-state index in [0.717, 1.165) is 45.1 Å². The van der Waals surface area contributed by atoms with E-state index in [1.165, 1.54) is 17.7 Å². The maximum Gasteiger partial charge on any atom is 0.309 e. The molecule has 2 atom stereocenters. The minimum absolute atomic E-state index is 0.0167. The third kappa shape index (κ3) is 5.12. The Hall–Kier alpha value is -1.77. The molecule has 2 aliphatic heterocycles. The van der Waals surface area contributed by atoms with Crippen LogP contribution in [0.1, 0.15) is 64.9 Å². The van der Waals surface area contributed by atoms with E-state index in [0.29, 0.717) is 6.04 Å². The summed E-state index contributed by atoms with van der Waals surface area (Å²) in [4.78, 5) is 15.1. The van der Waals surface area contributed by atoms with Crippen LogP contribution in [0.5, 0.6) is 0 Å². The zero-order valence-electron chi connectivity index (χ0n) is 16.5. The molecule has 2 aliphatic rings. The topological polar surface area (TPSA) is 29.5 Å². The van der Waals surface area contributed by atoms with Crippen LogP contribution in [-0.2, 0) is 16.0 Å². The summed E-state index contributed by atoms with van der Waals surface area (Å²) in [5.41, 5.74) is 2.32. The van der Waals surface area contributed by atoms with Gasteiger partial charge in [0.25, 0.3) is 0 Å². The van der Waals surface area contributed by atoms with Crippen LogP contribution in [0, 0.1) is 5.92 Å². The van der Waals surface area contributed by atoms with Gasteiger partial charge in [0, 0.05) is 18.3 Å². The molecule has 1 fully saturated rings. The fourth-order valence-corrected chi connectivity index (χ4v) is 4.11. The third-order valence-corrected chi connectivity index (χ3v) is 5.37. The summed E-state index contributed by atoms with van der Waals surface area (Å²) < 4.78 is 5.67. The molecule has 0 N–H and O–H groups in total. The van der Waals surface area contributed by atoms with Crippen molar-refractivity contribution in [2.24, 2.45) is 5.92 Å². The van der Waals surface area contributed by atoms with Crippen molar-refractivity contribution in [3.8, 4) is 0 Å². The van der Waals surface area contributed by atoms with Gasteiger partial charge in [-0.05, 0) is 83.4 Å². The highest BCUT2D eigenvalue weighted by atomic mass is 16.6. The second-order valence-corrected chi connectivity index (χ2v) is 8.71. The van der Waals surface area contributed by atoms with Gasteiger partial charge in [-0.15, -0.1) is 0 Å². The van der Waals surface area contributed by atoms with Crippen molar-refractivity contribution in [3.05, 3.63) is 42.0 Å². The van der Waals surface area contributed by atoms with E-state index in [1.807, 2.05) is 20.8 Å². The van der Waals surface area contributed by atoms with Gasteiger partial charge in [-0.25, -0.2) is 0 Å². The molecule has 2 heterocycles. The standard InChI is InChI=1S/C23H33NO2/c1-23(2,3)26-22(25)19-14-15-24-20-13-9-11-18(16-20)10-7-5-4-6-8-12-21(24)17-19/h4-5,9,11,13,16,19,21H,6-8,10,12,14-15,17H2,1-3H3/b5-4-. The highest BCUT2D eigenvalue weighted by Gasteiger charge is 2.34. The molecule has 26 heavy (non-hydrogen) atoms. The highest BCUT2D eigenvalue weighted by Crippen LogP contribution is 2.33. The lowest BCUT2D eigenvalue weighted by Crippen LogP contribution is -2.45. The van der Waals surface area contributed by atoms with Crippen LogP contribution in [0.3, 0.4) is 0 Å². The number of carbonyl (C=O) groups is 1. The average Bonchev–Trinajstić information content (AvgIpc) is 2.58. The number of fused-ring (bicyclic) bond motifs is 4. The summed E-state index contributed by atoms with van der Waals surface area (Å²) in [5.74, 6) is 0.0130. The van der Waals surface area contributed by atoms with Crippen molar-refractivity contribution in [1.82, 2.24) is 0 Å². The molecule has 142 valence electrons. The molecule has 2 bridgehead atoms. The van der Waals surface area contributed by atoms with E-state index in [9.17, 15) is 4.79 Å². The van der Waals surface area contributed by atoms with Crippen molar-refractivity contribution in [3.63, 3.8) is 0 Å². The third-order valence-electron chi connectivity index (χ3n) is 5.37. The van der Waals surface area contributed by atoms with Crippen molar-refractivity contribution in [2.45, 2.75) is 77.4 Å². The number of allylic oxidation sites excluding steroid dienone is 2. The van der Waals surface area contributed by atoms with Gasteiger partial charge in [0.1, 0.15) is 5.60 Å². The largest absolute Gasteiger partial charge is 0.460 e. The summed E-state index contributed by atoms with van der Waals surface area (Å²) in [6.45, 7) is 6.79. The monoisotopic (exact) mass is 355 g/mol. The Bertz CT molecular complexity index is 644. The Balaban J connectivity index is 1.77. The summed E-state index contributed by atoms with van der Waals surface area (Å²) in [7, 11) is 0. The van der Waals surface area contributed by atoms with Crippen LogP contribution < -0.4 is 4.90 Å². The minimum atomic E-state index is -0.403. The molecule has 1 aromatic carbocycles. The number of aryl methyl sites for hydroxylation is 1. The zero-order chi connectivity index (χ0) is 18.6. The molecule has 2 unspecified atom stereocenters. The first-order valence-corrected chi connectivity index (χ1v) is 10.2. The van der Waals surface area contributed by atoms with Gasteiger partial charge in [-0.1, -0.05) is 24.3 Å². The Morgan fingerprint density at radius 1 is 1.15 bits per heavy atom. The lowest BCUT2D eigenvalue weighted by molar-refractivity contribution is -0.161. The van der Waals surface area contributed by atoms with Crippen LogP contribution >= 0.6 is 0 Å². The lowest BCUT2D eigenvalue weighted by Gasteiger charge is -2.41. The van der Waals surface area contributed by atoms with Crippen molar-refractivity contribution >= 4 is 11.7 Å². The van der Waals surface area contributed by atoms with Crippen LogP contribution in [0.15, 0.2) is 36.4 Å². The minimum Gasteiger partial charge on any atom is -0.460 e. The van der Waals surface area contributed by atoms with Gasteiger partial charge in [-0.3, -0.25) is 4.79 Å². The summed E-state index contributed by atoms with van der Waals surface area (Å²) in [6, 6.07) is 9.40. The van der Waals surface area contributed by atoms with Gasteiger partial charge in [-0.2, -0.15) is 0 Å². The number of rotatable bonds is 1. The number of hydrogen-bond donors (Lipinski definition) is 0. The van der Waals surface area contributed by atoms with Crippen LogP contribution in [-0.4, -0.2) is 24.2 Å². The first kappa shape index (κ1) is 19.0. The van der Waals surface area contributed by atoms with E-state index in [-0.39, 0.29) is 11.9 Å². The number of hydrogen-bond acceptors (Lipinski definition) is 3. The van der Waals surface area contributed by atoms with Gasteiger partial charge in [0.05, 0.1) is 5.92 Å². The van der Waals surface area contributed by atoms with Gasteiger partial charge < -0.3 is 9.64 Å². The van der Waals surface area contributed by atoms with E-state index < -0.39 is 5.60 Å². The SMILES string of the molecule is CC(C)(C)OC(=O)C1CCN2c3cccc(c3)CC/C=C\CCCC2C1. The van der Waals surface area contributed by atoms with E-state index in [1.54, 1.807) is 0 Å². The molecule has 0 radical (unpaired) electrons. The fraction of sp³-hybridized carbons (Fsp3) is 0.609. The number of ether oxygens (including phenoxy) is 1. The van der Waals surface area contributed by atoms with Crippen molar-refractivity contribution < 1.29 is 9.53 Å². The molecule has 1 aromatic rings. The first-order valence-electron chi connectivity index (χ1n) is 10.2. The predicted molar refractivity (Wildman–Crippen MR) is 107 cm³/mol.